The number of Topliss-reactive ketones (excluding diaryl/α,β-unsaturated/α-hetero) is 1. The van der Waals surface area contributed by atoms with E-state index in [9.17, 15) is 4.79 Å². The quantitative estimate of drug-likeness (QED) is 0.776. The van der Waals surface area contributed by atoms with Crippen LogP contribution in [0.3, 0.4) is 0 Å². The molecule has 2 heteroatoms. The molecule has 1 aliphatic carbocycles. The first-order chi connectivity index (χ1) is 9.92. The summed E-state index contributed by atoms with van der Waals surface area (Å²) < 4.78 is 0. The molecule has 2 atom stereocenters. The molecular weight excluding hydrogens is 258 g/mol. The average Bonchev–Trinajstić information content (AvgIpc) is 2.38. The molecule has 0 amide bonds. The van der Waals surface area contributed by atoms with Crippen molar-refractivity contribution in [1.82, 2.24) is 4.98 Å². The third-order valence-corrected chi connectivity index (χ3v) is 4.41. The third-order valence-electron chi connectivity index (χ3n) is 4.41. The molecule has 0 aromatic carbocycles. The first-order valence-electron chi connectivity index (χ1n) is 8.34. The van der Waals surface area contributed by atoms with Gasteiger partial charge in [-0.2, -0.15) is 0 Å². The van der Waals surface area contributed by atoms with Gasteiger partial charge in [0.25, 0.3) is 0 Å². The lowest BCUT2D eigenvalue weighted by Gasteiger charge is -2.33. The number of ketones is 1. The second-order valence-corrected chi connectivity index (χ2v) is 7.90. The van der Waals surface area contributed by atoms with Gasteiger partial charge in [-0.3, -0.25) is 9.78 Å². The lowest BCUT2D eigenvalue weighted by atomic mass is 9.73. The van der Waals surface area contributed by atoms with Crippen LogP contribution in [0.15, 0.2) is 24.4 Å². The van der Waals surface area contributed by atoms with Gasteiger partial charge in [-0.15, -0.1) is 0 Å². The highest BCUT2D eigenvalue weighted by atomic mass is 16.1. The molecule has 1 saturated carbocycles. The molecule has 21 heavy (non-hydrogen) atoms. The fourth-order valence-corrected chi connectivity index (χ4v) is 3.74. The van der Waals surface area contributed by atoms with Crippen LogP contribution in [0, 0.1) is 17.3 Å². The Hall–Kier alpha value is -1.18. The van der Waals surface area contributed by atoms with Crippen LogP contribution >= 0.6 is 0 Å². The predicted molar refractivity (Wildman–Crippen MR) is 87.1 cm³/mol. The summed E-state index contributed by atoms with van der Waals surface area (Å²) in [5.41, 5.74) is 1.31. The Morgan fingerprint density at radius 2 is 2.00 bits per heavy atom. The number of nitrogens with zero attached hydrogens (tertiary/aromatic N) is 1. The zero-order chi connectivity index (χ0) is 15.3. The van der Waals surface area contributed by atoms with Crippen LogP contribution in [-0.2, 0) is 11.2 Å². The highest BCUT2D eigenvalue weighted by Crippen LogP contribution is 2.38. The van der Waals surface area contributed by atoms with E-state index in [2.05, 4.69) is 25.8 Å². The van der Waals surface area contributed by atoms with Crippen molar-refractivity contribution in [2.45, 2.75) is 65.7 Å². The van der Waals surface area contributed by atoms with Crippen molar-refractivity contribution in [2.24, 2.45) is 17.3 Å². The molecule has 1 heterocycles. The molecule has 0 radical (unpaired) electrons. The van der Waals surface area contributed by atoms with E-state index >= 15 is 0 Å². The van der Waals surface area contributed by atoms with Crippen molar-refractivity contribution in [3.63, 3.8) is 0 Å². The standard InChI is InChI=1S/C19H29NO/c1-19(2,3)14-16-8-6-7-15(11-16)12-18(21)13-17-9-4-5-10-20-17/h4-5,9-10,15-16H,6-8,11-14H2,1-3H3. The van der Waals surface area contributed by atoms with Crippen LogP contribution in [-0.4, -0.2) is 10.8 Å². The highest BCUT2D eigenvalue weighted by molar-refractivity contribution is 5.80. The van der Waals surface area contributed by atoms with E-state index in [4.69, 9.17) is 0 Å². The van der Waals surface area contributed by atoms with E-state index in [1.807, 2.05) is 18.2 Å². The fraction of sp³-hybridized carbons (Fsp3) is 0.684. The van der Waals surface area contributed by atoms with Crippen molar-refractivity contribution in [3.8, 4) is 0 Å². The second-order valence-electron chi connectivity index (χ2n) is 7.90. The lowest BCUT2D eigenvalue weighted by Crippen LogP contribution is -2.22. The van der Waals surface area contributed by atoms with Crippen LogP contribution < -0.4 is 0 Å². The largest absolute Gasteiger partial charge is 0.299 e. The summed E-state index contributed by atoms with van der Waals surface area (Å²) in [6.07, 6.45) is 9.42. The Morgan fingerprint density at radius 1 is 1.24 bits per heavy atom. The summed E-state index contributed by atoms with van der Waals surface area (Å²) in [4.78, 5) is 16.5. The monoisotopic (exact) mass is 287 g/mol. The Labute approximate surface area is 129 Å². The van der Waals surface area contributed by atoms with Gasteiger partial charge in [-0.05, 0) is 42.2 Å². The molecule has 116 valence electrons. The van der Waals surface area contributed by atoms with Gasteiger partial charge in [0, 0.05) is 24.7 Å². The van der Waals surface area contributed by atoms with Crippen LogP contribution in [0.4, 0.5) is 0 Å². The number of rotatable bonds is 5. The molecule has 1 fully saturated rings. The van der Waals surface area contributed by atoms with Gasteiger partial charge in [0.05, 0.1) is 0 Å². The minimum absolute atomic E-state index is 0.357. The Morgan fingerprint density at radius 3 is 2.67 bits per heavy atom. The summed E-state index contributed by atoms with van der Waals surface area (Å²) >= 11 is 0. The third kappa shape index (κ3) is 5.99. The molecule has 2 nitrogen and oxygen atoms in total. The van der Waals surface area contributed by atoms with E-state index in [-0.39, 0.29) is 0 Å². The maximum atomic E-state index is 12.2. The Bertz CT molecular complexity index is 446. The molecule has 1 aromatic heterocycles. The molecule has 1 aliphatic rings. The van der Waals surface area contributed by atoms with E-state index in [0.29, 0.717) is 23.5 Å². The normalized spacial score (nSPS) is 23.0. The van der Waals surface area contributed by atoms with Crippen molar-refractivity contribution < 1.29 is 4.79 Å². The van der Waals surface area contributed by atoms with Crippen molar-refractivity contribution in [2.75, 3.05) is 0 Å². The fourth-order valence-electron chi connectivity index (χ4n) is 3.74. The van der Waals surface area contributed by atoms with E-state index < -0.39 is 0 Å². The number of pyridine rings is 1. The number of carbonyl (C=O) groups is 1. The molecule has 0 bridgehead atoms. The molecule has 0 saturated heterocycles. The highest BCUT2D eigenvalue weighted by Gasteiger charge is 2.27. The molecule has 0 N–H and O–H groups in total. The number of aromatic nitrogens is 1. The predicted octanol–water partition coefficient (Wildman–Crippen LogP) is 4.83. The van der Waals surface area contributed by atoms with Crippen LogP contribution in [0.5, 0.6) is 0 Å². The minimum atomic E-state index is 0.357. The summed E-state index contributed by atoms with van der Waals surface area (Å²) in [6.45, 7) is 6.97. The van der Waals surface area contributed by atoms with E-state index in [1.54, 1.807) is 6.20 Å². The number of hydrogen-bond acceptors (Lipinski definition) is 2. The van der Waals surface area contributed by atoms with Gasteiger partial charge in [0.15, 0.2) is 0 Å². The van der Waals surface area contributed by atoms with Crippen molar-refractivity contribution in [3.05, 3.63) is 30.1 Å². The lowest BCUT2D eigenvalue weighted by molar-refractivity contribution is -0.119. The zero-order valence-corrected chi connectivity index (χ0v) is 13.8. The van der Waals surface area contributed by atoms with Gasteiger partial charge in [-0.1, -0.05) is 46.1 Å². The van der Waals surface area contributed by atoms with Gasteiger partial charge in [-0.25, -0.2) is 0 Å². The van der Waals surface area contributed by atoms with Gasteiger partial charge < -0.3 is 0 Å². The summed E-state index contributed by atoms with van der Waals surface area (Å²) in [5.74, 6) is 1.77. The number of hydrogen-bond donors (Lipinski definition) is 0. The van der Waals surface area contributed by atoms with Crippen molar-refractivity contribution >= 4 is 5.78 Å². The maximum absolute atomic E-state index is 12.2. The SMILES string of the molecule is CC(C)(C)CC1CCCC(CC(=O)Cc2ccccn2)C1. The van der Waals surface area contributed by atoms with Crippen LogP contribution in [0.25, 0.3) is 0 Å². The summed E-state index contributed by atoms with van der Waals surface area (Å²) in [5, 5.41) is 0. The summed E-state index contributed by atoms with van der Waals surface area (Å²) in [6, 6.07) is 5.79. The molecular formula is C19H29NO. The maximum Gasteiger partial charge on any atom is 0.139 e. The van der Waals surface area contributed by atoms with E-state index in [1.165, 1.54) is 32.1 Å². The Kier molecular flexibility index (Phi) is 5.55. The first kappa shape index (κ1) is 16.2. The van der Waals surface area contributed by atoms with Crippen LogP contribution in [0.2, 0.25) is 0 Å². The molecule has 0 spiro atoms. The topological polar surface area (TPSA) is 30.0 Å². The van der Waals surface area contributed by atoms with E-state index in [0.717, 1.165) is 18.0 Å². The van der Waals surface area contributed by atoms with Gasteiger partial charge >= 0.3 is 0 Å². The molecule has 2 rings (SSSR count). The first-order valence-corrected chi connectivity index (χ1v) is 8.34. The average molecular weight is 287 g/mol. The van der Waals surface area contributed by atoms with Gasteiger partial charge in [0.2, 0.25) is 0 Å². The summed E-state index contributed by atoms with van der Waals surface area (Å²) in [7, 11) is 0. The zero-order valence-electron chi connectivity index (χ0n) is 13.8. The van der Waals surface area contributed by atoms with Crippen molar-refractivity contribution in [1.29, 1.82) is 0 Å². The molecule has 1 aromatic rings. The molecule has 0 aliphatic heterocycles. The smallest absolute Gasteiger partial charge is 0.139 e. The molecule has 2 unspecified atom stereocenters. The minimum Gasteiger partial charge on any atom is -0.299 e. The van der Waals surface area contributed by atoms with Crippen LogP contribution in [0.1, 0.15) is 65.0 Å². The second kappa shape index (κ2) is 7.20. The Balaban J connectivity index is 1.81. The van der Waals surface area contributed by atoms with Gasteiger partial charge in [0.1, 0.15) is 5.78 Å². The number of carbonyl (C=O) groups excluding carboxylic acids is 1.